The molecular weight excluding hydrogens is 326 g/mol. The summed E-state index contributed by atoms with van der Waals surface area (Å²) in [5.74, 6) is 0. The van der Waals surface area contributed by atoms with Gasteiger partial charge in [0.15, 0.2) is 4.77 Å². The molecule has 19 heavy (non-hydrogen) atoms. The van der Waals surface area contributed by atoms with Gasteiger partial charge in [-0.3, -0.25) is 0 Å². The van der Waals surface area contributed by atoms with Crippen molar-refractivity contribution < 1.29 is 4.74 Å². The van der Waals surface area contributed by atoms with Crippen LogP contribution in [0.15, 0.2) is 22.7 Å². The number of imidazole rings is 1. The summed E-state index contributed by atoms with van der Waals surface area (Å²) in [7, 11) is 4.08. The SMILES string of the molecule is CN(C)CCOCCn1c(=S)[nH]c2ccc(Br)cc21. The number of hydrogen-bond acceptors (Lipinski definition) is 3. The maximum atomic E-state index is 5.62. The predicted octanol–water partition coefficient (Wildman–Crippen LogP) is 3.04. The minimum Gasteiger partial charge on any atom is -0.378 e. The lowest BCUT2D eigenvalue weighted by Gasteiger charge is -2.10. The third-order valence-corrected chi connectivity index (χ3v) is 3.70. The summed E-state index contributed by atoms with van der Waals surface area (Å²) in [6.07, 6.45) is 0. The van der Waals surface area contributed by atoms with Crippen molar-refractivity contribution >= 4 is 39.2 Å². The second kappa shape index (κ2) is 6.65. The normalized spacial score (nSPS) is 11.6. The third kappa shape index (κ3) is 3.89. The Hall–Kier alpha value is -0.690. The van der Waals surface area contributed by atoms with E-state index in [1.54, 1.807) is 0 Å². The number of benzene rings is 1. The van der Waals surface area contributed by atoms with Crippen LogP contribution in [0, 0.1) is 4.77 Å². The fourth-order valence-electron chi connectivity index (χ4n) is 1.85. The molecule has 0 amide bonds. The van der Waals surface area contributed by atoms with Crippen LogP contribution in [0.1, 0.15) is 0 Å². The van der Waals surface area contributed by atoms with E-state index in [0.29, 0.717) is 6.61 Å². The molecule has 0 radical (unpaired) electrons. The number of ether oxygens (including phenoxy) is 1. The highest BCUT2D eigenvalue weighted by Gasteiger charge is 2.04. The number of hydrogen-bond donors (Lipinski definition) is 1. The first-order chi connectivity index (χ1) is 9.08. The number of aromatic amines is 1. The molecule has 2 rings (SSSR count). The second-order valence-corrected chi connectivity index (χ2v) is 5.96. The zero-order chi connectivity index (χ0) is 13.8. The molecule has 0 aliphatic rings. The molecule has 0 atom stereocenters. The van der Waals surface area contributed by atoms with Gasteiger partial charge in [0.2, 0.25) is 0 Å². The van der Waals surface area contributed by atoms with E-state index in [1.165, 1.54) is 0 Å². The van der Waals surface area contributed by atoms with Crippen molar-refractivity contribution in [1.82, 2.24) is 14.5 Å². The van der Waals surface area contributed by atoms with Gasteiger partial charge in [0, 0.05) is 17.6 Å². The zero-order valence-electron chi connectivity index (χ0n) is 11.1. The maximum Gasteiger partial charge on any atom is 0.178 e. The fourth-order valence-corrected chi connectivity index (χ4v) is 2.50. The first-order valence-corrected chi connectivity index (χ1v) is 7.38. The van der Waals surface area contributed by atoms with E-state index in [4.69, 9.17) is 17.0 Å². The molecule has 0 saturated carbocycles. The van der Waals surface area contributed by atoms with Gasteiger partial charge in [-0.1, -0.05) is 15.9 Å². The van der Waals surface area contributed by atoms with Gasteiger partial charge in [0.05, 0.1) is 24.2 Å². The Morgan fingerprint density at radius 3 is 2.89 bits per heavy atom. The summed E-state index contributed by atoms with van der Waals surface area (Å²) in [4.78, 5) is 5.31. The lowest BCUT2D eigenvalue weighted by molar-refractivity contribution is 0.111. The Labute approximate surface area is 126 Å². The molecule has 1 heterocycles. The monoisotopic (exact) mass is 343 g/mol. The third-order valence-electron chi connectivity index (χ3n) is 2.88. The molecule has 0 aliphatic heterocycles. The first-order valence-electron chi connectivity index (χ1n) is 6.18. The number of rotatable bonds is 6. The summed E-state index contributed by atoms with van der Waals surface area (Å²) in [6.45, 7) is 3.11. The van der Waals surface area contributed by atoms with E-state index in [0.717, 1.165) is 40.0 Å². The van der Waals surface area contributed by atoms with E-state index < -0.39 is 0 Å². The Kier molecular flexibility index (Phi) is 5.15. The molecule has 6 heteroatoms. The molecule has 1 aromatic carbocycles. The smallest absolute Gasteiger partial charge is 0.178 e. The summed E-state index contributed by atoms with van der Waals surface area (Å²) >= 11 is 8.83. The van der Waals surface area contributed by atoms with Crippen LogP contribution in [0.5, 0.6) is 0 Å². The van der Waals surface area contributed by atoms with Crippen LogP contribution in [0.3, 0.4) is 0 Å². The second-order valence-electron chi connectivity index (χ2n) is 4.66. The van der Waals surface area contributed by atoms with Gasteiger partial charge in [0.1, 0.15) is 0 Å². The van der Waals surface area contributed by atoms with Crippen molar-refractivity contribution in [2.45, 2.75) is 6.54 Å². The van der Waals surface area contributed by atoms with Crippen molar-refractivity contribution in [2.24, 2.45) is 0 Å². The highest BCUT2D eigenvalue weighted by atomic mass is 79.9. The average molecular weight is 344 g/mol. The highest BCUT2D eigenvalue weighted by Crippen LogP contribution is 2.19. The van der Waals surface area contributed by atoms with Crippen LogP contribution < -0.4 is 0 Å². The fraction of sp³-hybridized carbons (Fsp3) is 0.462. The number of fused-ring (bicyclic) bond motifs is 1. The van der Waals surface area contributed by atoms with Gasteiger partial charge in [-0.05, 0) is 44.5 Å². The van der Waals surface area contributed by atoms with Crippen LogP contribution in [-0.2, 0) is 11.3 Å². The Morgan fingerprint density at radius 1 is 1.37 bits per heavy atom. The summed E-state index contributed by atoms with van der Waals surface area (Å²) in [5, 5.41) is 0. The van der Waals surface area contributed by atoms with Crippen molar-refractivity contribution in [2.75, 3.05) is 33.9 Å². The van der Waals surface area contributed by atoms with E-state index >= 15 is 0 Å². The number of nitrogens with one attached hydrogen (secondary N) is 1. The molecular formula is C13H18BrN3OS. The van der Waals surface area contributed by atoms with Crippen molar-refractivity contribution in [3.8, 4) is 0 Å². The molecule has 2 aromatic rings. The van der Waals surface area contributed by atoms with E-state index in [9.17, 15) is 0 Å². The van der Waals surface area contributed by atoms with Gasteiger partial charge in [-0.25, -0.2) is 0 Å². The predicted molar refractivity (Wildman–Crippen MR) is 84.2 cm³/mol. The minimum absolute atomic E-state index is 0.668. The van der Waals surface area contributed by atoms with Crippen LogP contribution in [0.25, 0.3) is 11.0 Å². The quantitative estimate of drug-likeness (QED) is 0.646. The van der Waals surface area contributed by atoms with Gasteiger partial charge in [0.25, 0.3) is 0 Å². The molecule has 0 unspecified atom stereocenters. The maximum absolute atomic E-state index is 5.62. The standard InChI is InChI=1S/C13H18BrN3OS/c1-16(2)5-7-18-8-6-17-12-9-10(14)3-4-11(12)15-13(17)19/h3-4,9H,5-8H2,1-2H3,(H,15,19). The number of H-pyrrole nitrogens is 1. The largest absolute Gasteiger partial charge is 0.378 e. The van der Waals surface area contributed by atoms with Crippen molar-refractivity contribution in [3.63, 3.8) is 0 Å². The Bertz CT molecular complexity index is 605. The molecule has 0 fully saturated rings. The van der Waals surface area contributed by atoms with Gasteiger partial charge >= 0.3 is 0 Å². The van der Waals surface area contributed by atoms with Crippen LogP contribution in [-0.4, -0.2) is 48.3 Å². The molecule has 0 saturated heterocycles. The van der Waals surface area contributed by atoms with E-state index in [1.807, 2.05) is 26.2 Å². The minimum atomic E-state index is 0.668. The molecule has 1 N–H and O–H groups in total. The number of halogens is 1. The lowest BCUT2D eigenvalue weighted by atomic mass is 10.3. The molecule has 0 aliphatic carbocycles. The topological polar surface area (TPSA) is 33.2 Å². The van der Waals surface area contributed by atoms with Gasteiger partial charge in [-0.2, -0.15) is 0 Å². The van der Waals surface area contributed by atoms with Crippen LogP contribution in [0.2, 0.25) is 0 Å². The lowest BCUT2D eigenvalue weighted by Crippen LogP contribution is -2.19. The van der Waals surface area contributed by atoms with Crippen molar-refractivity contribution in [3.05, 3.63) is 27.4 Å². The molecule has 4 nitrogen and oxygen atoms in total. The molecule has 104 valence electrons. The van der Waals surface area contributed by atoms with E-state index in [2.05, 4.69) is 36.4 Å². The summed E-state index contributed by atoms with van der Waals surface area (Å²) in [5.41, 5.74) is 2.16. The highest BCUT2D eigenvalue weighted by molar-refractivity contribution is 9.10. The summed E-state index contributed by atoms with van der Waals surface area (Å²) in [6, 6.07) is 6.10. The van der Waals surface area contributed by atoms with Crippen LogP contribution in [0.4, 0.5) is 0 Å². The Morgan fingerprint density at radius 2 is 2.16 bits per heavy atom. The molecule has 1 aromatic heterocycles. The van der Waals surface area contributed by atoms with Gasteiger partial charge < -0.3 is 19.2 Å². The zero-order valence-corrected chi connectivity index (χ0v) is 13.6. The molecule has 0 spiro atoms. The van der Waals surface area contributed by atoms with Gasteiger partial charge in [-0.15, -0.1) is 0 Å². The first kappa shape index (κ1) is 14.7. The number of likely N-dealkylation sites (N-methyl/N-ethyl adjacent to an activating group) is 1. The molecule has 0 bridgehead atoms. The summed E-state index contributed by atoms with van der Waals surface area (Å²) < 4.78 is 9.48. The van der Waals surface area contributed by atoms with E-state index in [-0.39, 0.29) is 0 Å². The van der Waals surface area contributed by atoms with Crippen molar-refractivity contribution in [1.29, 1.82) is 0 Å². The Balaban J connectivity index is 2.02. The number of nitrogens with zero attached hydrogens (tertiary/aromatic N) is 2. The average Bonchev–Trinajstić information content (AvgIpc) is 2.65. The van der Waals surface area contributed by atoms with Crippen LogP contribution >= 0.6 is 28.1 Å². The number of aromatic nitrogens is 2.